The second kappa shape index (κ2) is 8.62. The monoisotopic (exact) mass is 370 g/mol. The molecule has 5 nitrogen and oxygen atoms in total. The second-order valence-electron chi connectivity index (χ2n) is 6.99. The van der Waals surface area contributed by atoms with Crippen molar-refractivity contribution in [3.8, 4) is 17.2 Å². The van der Waals surface area contributed by atoms with Crippen LogP contribution in [-0.4, -0.2) is 29.9 Å². The molecule has 0 aliphatic rings. The van der Waals surface area contributed by atoms with Crippen LogP contribution in [0.4, 0.5) is 0 Å². The lowest BCUT2D eigenvalue weighted by Gasteiger charge is -2.23. The molecule has 0 unspecified atom stereocenters. The van der Waals surface area contributed by atoms with Gasteiger partial charge in [0.2, 0.25) is 0 Å². The molecule has 0 amide bonds. The molecule has 0 fully saturated rings. The number of hydrogen-bond acceptors (Lipinski definition) is 4. The highest BCUT2D eigenvalue weighted by molar-refractivity contribution is 5.76. The first-order valence-corrected chi connectivity index (χ1v) is 8.69. The average molecular weight is 370 g/mol. The number of benzene rings is 2. The zero-order valence-electron chi connectivity index (χ0n) is 16.2. The van der Waals surface area contributed by atoms with Gasteiger partial charge in [0.15, 0.2) is 5.60 Å². The van der Waals surface area contributed by atoms with Gasteiger partial charge < -0.3 is 19.3 Å². The number of hydrogen-bond donors (Lipinski definition) is 1. The summed E-state index contributed by atoms with van der Waals surface area (Å²) in [6, 6.07) is 13.1. The Morgan fingerprint density at radius 3 is 2.11 bits per heavy atom. The molecular formula is C22H26O5. The summed E-state index contributed by atoms with van der Waals surface area (Å²) in [4.78, 5) is 11.2. The Bertz CT molecular complexity index is 806. The van der Waals surface area contributed by atoms with Crippen molar-refractivity contribution < 1.29 is 24.1 Å². The Morgan fingerprint density at radius 1 is 1.00 bits per heavy atom. The maximum Gasteiger partial charge on any atom is 0.347 e. The van der Waals surface area contributed by atoms with Gasteiger partial charge in [0.05, 0.1) is 0 Å². The highest BCUT2D eigenvalue weighted by Crippen LogP contribution is 2.27. The molecule has 2 aromatic rings. The van der Waals surface area contributed by atoms with Gasteiger partial charge in [-0.15, -0.1) is 0 Å². The van der Waals surface area contributed by atoms with Crippen molar-refractivity contribution in [2.75, 3.05) is 13.2 Å². The topological polar surface area (TPSA) is 65.0 Å². The lowest BCUT2D eigenvalue weighted by atomic mass is 10.1. The molecule has 0 saturated carbocycles. The van der Waals surface area contributed by atoms with E-state index in [-0.39, 0.29) is 0 Å². The SMILES string of the molecule is C=C(COc1ccc(C)cc1)COc1ccc(OC(C)(C)C(=O)O)c(C)c1. The fraction of sp³-hybridized carbons (Fsp3) is 0.318. The second-order valence-corrected chi connectivity index (χ2v) is 6.99. The van der Waals surface area contributed by atoms with Crippen LogP contribution in [-0.2, 0) is 4.79 Å². The van der Waals surface area contributed by atoms with E-state index in [0.717, 1.165) is 16.9 Å². The van der Waals surface area contributed by atoms with Crippen LogP contribution < -0.4 is 14.2 Å². The minimum absolute atomic E-state index is 0.326. The van der Waals surface area contributed by atoms with Crippen LogP contribution in [0.3, 0.4) is 0 Å². The summed E-state index contributed by atoms with van der Waals surface area (Å²) in [6.07, 6.45) is 0. The summed E-state index contributed by atoms with van der Waals surface area (Å²) in [7, 11) is 0. The maximum absolute atomic E-state index is 11.2. The predicted molar refractivity (Wildman–Crippen MR) is 105 cm³/mol. The van der Waals surface area contributed by atoms with Crippen molar-refractivity contribution in [1.29, 1.82) is 0 Å². The molecule has 5 heteroatoms. The van der Waals surface area contributed by atoms with Crippen molar-refractivity contribution in [2.45, 2.75) is 33.3 Å². The van der Waals surface area contributed by atoms with Gasteiger partial charge in [0.1, 0.15) is 30.5 Å². The summed E-state index contributed by atoms with van der Waals surface area (Å²) in [5.41, 5.74) is 1.48. The molecule has 0 aliphatic heterocycles. The van der Waals surface area contributed by atoms with Gasteiger partial charge in [-0.05, 0) is 69.2 Å². The molecule has 27 heavy (non-hydrogen) atoms. The zero-order valence-corrected chi connectivity index (χ0v) is 16.2. The quantitative estimate of drug-likeness (QED) is 0.656. The van der Waals surface area contributed by atoms with Crippen LogP contribution in [0.1, 0.15) is 25.0 Å². The van der Waals surface area contributed by atoms with Gasteiger partial charge >= 0.3 is 5.97 Å². The zero-order chi connectivity index (χ0) is 20.0. The summed E-state index contributed by atoms with van der Waals surface area (Å²) >= 11 is 0. The third-order valence-corrected chi connectivity index (χ3v) is 3.93. The standard InChI is InChI=1S/C22H26O5/c1-15-6-8-18(9-7-15)25-13-16(2)14-26-19-10-11-20(17(3)12-19)27-22(4,5)21(23)24/h6-12H,2,13-14H2,1,3-5H3,(H,23,24). The van der Waals surface area contributed by atoms with Crippen LogP contribution in [0.25, 0.3) is 0 Å². The van der Waals surface area contributed by atoms with E-state index >= 15 is 0 Å². The van der Waals surface area contributed by atoms with E-state index in [1.807, 2.05) is 38.1 Å². The number of aryl methyl sites for hydroxylation is 2. The lowest BCUT2D eigenvalue weighted by molar-refractivity contribution is -0.152. The summed E-state index contributed by atoms with van der Waals surface area (Å²) in [5, 5.41) is 9.17. The molecule has 1 N–H and O–H groups in total. The molecule has 2 aromatic carbocycles. The molecule has 2 rings (SSSR count). The van der Waals surface area contributed by atoms with E-state index in [1.54, 1.807) is 18.2 Å². The normalized spacial score (nSPS) is 11.0. The van der Waals surface area contributed by atoms with E-state index in [4.69, 9.17) is 19.3 Å². The third kappa shape index (κ3) is 6.06. The van der Waals surface area contributed by atoms with Gasteiger partial charge in [-0.25, -0.2) is 4.79 Å². The van der Waals surface area contributed by atoms with E-state index in [1.165, 1.54) is 19.4 Å². The van der Waals surface area contributed by atoms with Crippen molar-refractivity contribution in [3.05, 3.63) is 65.7 Å². The Morgan fingerprint density at radius 2 is 1.56 bits per heavy atom. The van der Waals surface area contributed by atoms with Gasteiger partial charge in [-0.1, -0.05) is 24.3 Å². The Hall–Kier alpha value is -2.95. The summed E-state index contributed by atoms with van der Waals surface area (Å²) in [6.45, 7) is 11.6. The first kappa shape index (κ1) is 20.4. The van der Waals surface area contributed by atoms with Gasteiger partial charge in [-0.3, -0.25) is 0 Å². The van der Waals surface area contributed by atoms with Crippen molar-refractivity contribution >= 4 is 5.97 Å². The van der Waals surface area contributed by atoms with E-state index in [9.17, 15) is 4.79 Å². The molecule has 0 spiro atoms. The maximum atomic E-state index is 11.2. The minimum Gasteiger partial charge on any atom is -0.489 e. The molecule has 144 valence electrons. The predicted octanol–water partition coefficient (Wildman–Crippen LogP) is 4.56. The highest BCUT2D eigenvalue weighted by atomic mass is 16.5. The molecule has 0 saturated heterocycles. The van der Waals surface area contributed by atoms with Crippen LogP contribution in [0, 0.1) is 13.8 Å². The first-order chi connectivity index (χ1) is 12.7. The molecule has 0 aromatic heterocycles. The van der Waals surface area contributed by atoms with Crippen LogP contribution >= 0.6 is 0 Å². The first-order valence-electron chi connectivity index (χ1n) is 8.69. The van der Waals surface area contributed by atoms with Gasteiger partial charge in [0.25, 0.3) is 0 Å². The van der Waals surface area contributed by atoms with Crippen molar-refractivity contribution in [2.24, 2.45) is 0 Å². The summed E-state index contributed by atoms with van der Waals surface area (Å²) in [5.74, 6) is 0.938. The summed E-state index contributed by atoms with van der Waals surface area (Å²) < 4.78 is 17.0. The number of carboxylic acid groups (broad SMARTS) is 1. The Kier molecular flexibility index (Phi) is 6.50. The minimum atomic E-state index is -1.30. The Balaban J connectivity index is 1.86. The molecule has 0 heterocycles. The van der Waals surface area contributed by atoms with Crippen molar-refractivity contribution in [3.63, 3.8) is 0 Å². The Labute approximate surface area is 160 Å². The van der Waals surface area contributed by atoms with E-state index in [0.29, 0.717) is 24.7 Å². The van der Waals surface area contributed by atoms with E-state index in [2.05, 4.69) is 6.58 Å². The molecule has 0 bridgehead atoms. The number of rotatable bonds is 9. The highest BCUT2D eigenvalue weighted by Gasteiger charge is 2.29. The average Bonchev–Trinajstić information content (AvgIpc) is 2.61. The number of ether oxygens (including phenoxy) is 3. The number of carbonyl (C=O) groups is 1. The van der Waals surface area contributed by atoms with Crippen LogP contribution in [0.2, 0.25) is 0 Å². The number of carboxylic acids is 1. The van der Waals surface area contributed by atoms with Gasteiger partial charge in [-0.2, -0.15) is 0 Å². The molecule has 0 atom stereocenters. The molecule has 0 radical (unpaired) electrons. The van der Waals surface area contributed by atoms with E-state index < -0.39 is 11.6 Å². The lowest BCUT2D eigenvalue weighted by Crippen LogP contribution is -2.38. The molecule has 0 aliphatic carbocycles. The number of aliphatic carboxylic acids is 1. The molecular weight excluding hydrogens is 344 g/mol. The largest absolute Gasteiger partial charge is 0.489 e. The smallest absolute Gasteiger partial charge is 0.347 e. The van der Waals surface area contributed by atoms with Gasteiger partial charge in [0, 0.05) is 0 Å². The van der Waals surface area contributed by atoms with Crippen molar-refractivity contribution in [1.82, 2.24) is 0 Å². The van der Waals surface area contributed by atoms with Crippen LogP contribution in [0.15, 0.2) is 54.6 Å². The fourth-order valence-corrected chi connectivity index (χ4v) is 2.19. The third-order valence-electron chi connectivity index (χ3n) is 3.93. The fourth-order valence-electron chi connectivity index (χ4n) is 2.19. The van der Waals surface area contributed by atoms with Crippen LogP contribution in [0.5, 0.6) is 17.2 Å².